The van der Waals surface area contributed by atoms with Gasteiger partial charge in [0.15, 0.2) is 5.82 Å². The van der Waals surface area contributed by atoms with Crippen LogP contribution in [-0.2, 0) is 4.74 Å². The van der Waals surface area contributed by atoms with Crippen LogP contribution in [0.2, 0.25) is 0 Å². The summed E-state index contributed by atoms with van der Waals surface area (Å²) in [4.78, 5) is 13.2. The number of rotatable bonds is 4. The monoisotopic (exact) mass is 404 g/mol. The first-order chi connectivity index (χ1) is 14.6. The number of hydrogen-bond acceptors (Lipinski definition) is 6. The predicted molar refractivity (Wildman–Crippen MR) is 112 cm³/mol. The summed E-state index contributed by atoms with van der Waals surface area (Å²) in [6.45, 7) is 5.16. The normalized spacial score (nSPS) is 16.3. The highest BCUT2D eigenvalue weighted by molar-refractivity contribution is 5.90. The first-order valence-electron chi connectivity index (χ1n) is 9.87. The fourth-order valence-corrected chi connectivity index (χ4v) is 3.73. The second-order valence-corrected chi connectivity index (χ2v) is 7.49. The molecule has 0 aliphatic carbocycles. The van der Waals surface area contributed by atoms with Gasteiger partial charge in [-0.1, -0.05) is 0 Å². The molecule has 8 heteroatoms. The molecule has 4 aromatic heterocycles. The van der Waals surface area contributed by atoms with Gasteiger partial charge in [0, 0.05) is 30.4 Å². The van der Waals surface area contributed by atoms with E-state index >= 15 is 0 Å². The van der Waals surface area contributed by atoms with E-state index in [1.54, 1.807) is 24.7 Å². The molecule has 5 rings (SSSR count). The lowest BCUT2D eigenvalue weighted by atomic mass is 10.1. The van der Waals surface area contributed by atoms with Crippen molar-refractivity contribution in [3.8, 4) is 11.4 Å². The Labute approximate surface area is 173 Å². The van der Waals surface area contributed by atoms with Gasteiger partial charge in [0.2, 0.25) is 0 Å². The molecule has 1 saturated heterocycles. The summed E-state index contributed by atoms with van der Waals surface area (Å²) in [5.74, 6) is -0.395. The van der Waals surface area contributed by atoms with Crippen molar-refractivity contribution < 1.29 is 9.13 Å². The van der Waals surface area contributed by atoms with Crippen LogP contribution >= 0.6 is 0 Å². The van der Waals surface area contributed by atoms with Crippen molar-refractivity contribution >= 4 is 22.4 Å². The first kappa shape index (κ1) is 18.6. The molecule has 30 heavy (non-hydrogen) atoms. The Morgan fingerprint density at radius 2 is 2.03 bits per heavy atom. The van der Waals surface area contributed by atoms with Crippen molar-refractivity contribution in [3.05, 3.63) is 59.9 Å². The fraction of sp³-hybridized carbons (Fsp3) is 0.273. The first-order valence-corrected chi connectivity index (χ1v) is 9.87. The lowest BCUT2D eigenvalue weighted by molar-refractivity contribution is 0.185. The quantitative estimate of drug-likeness (QED) is 0.545. The van der Waals surface area contributed by atoms with Crippen LogP contribution in [0.1, 0.15) is 23.7 Å². The van der Waals surface area contributed by atoms with Crippen molar-refractivity contribution in [2.45, 2.75) is 26.3 Å². The van der Waals surface area contributed by atoms with Crippen LogP contribution in [0.5, 0.6) is 0 Å². The van der Waals surface area contributed by atoms with Gasteiger partial charge in [0.1, 0.15) is 16.7 Å². The van der Waals surface area contributed by atoms with E-state index in [1.165, 1.54) is 6.07 Å². The van der Waals surface area contributed by atoms with Crippen LogP contribution in [0.15, 0.2) is 42.9 Å². The maximum atomic E-state index is 14.4. The van der Waals surface area contributed by atoms with Crippen LogP contribution in [0.4, 0.5) is 15.8 Å². The van der Waals surface area contributed by atoms with Crippen molar-refractivity contribution in [1.82, 2.24) is 24.7 Å². The standard InChI is InChI=1S/C22H21FN6O/c1-13-10-25-19(21-16(23)4-3-14(2)27-21)9-18(13)28-17-5-7-24-20-11-26-29(22(17)20)15-6-8-30-12-15/h3-5,7,9-11,15H,6,8,12H2,1-2H3,(H,24,25,28)/t15-/m1/s1. The molecule has 0 spiro atoms. The minimum absolute atomic E-state index is 0.187. The predicted octanol–water partition coefficient (Wildman–Crippen LogP) is 4.35. The Morgan fingerprint density at radius 1 is 1.13 bits per heavy atom. The number of halogens is 1. The van der Waals surface area contributed by atoms with Crippen molar-refractivity contribution in [3.63, 3.8) is 0 Å². The number of fused-ring (bicyclic) bond motifs is 1. The van der Waals surface area contributed by atoms with E-state index in [0.717, 1.165) is 46.7 Å². The van der Waals surface area contributed by atoms with Gasteiger partial charge in [-0.3, -0.25) is 14.6 Å². The highest BCUT2D eigenvalue weighted by Crippen LogP contribution is 2.32. The number of aryl methyl sites for hydroxylation is 2. The molecule has 5 heterocycles. The number of anilines is 2. The summed E-state index contributed by atoms with van der Waals surface area (Å²) in [5.41, 5.74) is 5.83. The van der Waals surface area contributed by atoms with Crippen LogP contribution in [0, 0.1) is 19.7 Å². The number of ether oxygens (including phenoxy) is 1. The zero-order chi connectivity index (χ0) is 20.7. The summed E-state index contributed by atoms with van der Waals surface area (Å²) in [5, 5.41) is 8.03. The molecule has 0 amide bonds. The Hall–Kier alpha value is -3.39. The molecule has 0 aromatic carbocycles. The highest BCUT2D eigenvalue weighted by atomic mass is 19.1. The number of hydrogen-bond donors (Lipinski definition) is 1. The molecule has 0 radical (unpaired) electrons. The topological polar surface area (TPSA) is 77.8 Å². The zero-order valence-corrected chi connectivity index (χ0v) is 16.8. The molecule has 1 aliphatic heterocycles. The van der Waals surface area contributed by atoms with Gasteiger partial charge >= 0.3 is 0 Å². The number of nitrogens with one attached hydrogen (secondary N) is 1. The van der Waals surface area contributed by atoms with E-state index in [0.29, 0.717) is 12.3 Å². The van der Waals surface area contributed by atoms with Crippen LogP contribution in [0.3, 0.4) is 0 Å². The summed E-state index contributed by atoms with van der Waals surface area (Å²) in [6.07, 6.45) is 6.17. The molecule has 4 aromatic rings. The Balaban J connectivity index is 1.57. The van der Waals surface area contributed by atoms with Crippen LogP contribution in [0.25, 0.3) is 22.4 Å². The molecule has 1 atom stereocenters. The molecule has 0 saturated carbocycles. The van der Waals surface area contributed by atoms with Gasteiger partial charge < -0.3 is 10.1 Å². The maximum Gasteiger partial charge on any atom is 0.151 e. The van der Waals surface area contributed by atoms with E-state index in [-0.39, 0.29) is 11.7 Å². The average Bonchev–Trinajstić information content (AvgIpc) is 3.41. The summed E-state index contributed by atoms with van der Waals surface area (Å²) < 4.78 is 21.9. The van der Waals surface area contributed by atoms with Crippen molar-refractivity contribution in [2.24, 2.45) is 0 Å². The largest absolute Gasteiger partial charge is 0.379 e. The Morgan fingerprint density at radius 3 is 2.87 bits per heavy atom. The lowest BCUT2D eigenvalue weighted by Crippen LogP contribution is -2.11. The van der Waals surface area contributed by atoms with Gasteiger partial charge in [-0.15, -0.1) is 0 Å². The van der Waals surface area contributed by atoms with E-state index in [4.69, 9.17) is 4.74 Å². The third-order valence-electron chi connectivity index (χ3n) is 5.34. The average molecular weight is 404 g/mol. The number of aromatic nitrogens is 5. The third-order valence-corrected chi connectivity index (χ3v) is 5.34. The fourth-order valence-electron chi connectivity index (χ4n) is 3.73. The van der Waals surface area contributed by atoms with E-state index < -0.39 is 5.82 Å². The smallest absolute Gasteiger partial charge is 0.151 e. The maximum absolute atomic E-state index is 14.4. The van der Waals surface area contributed by atoms with Gasteiger partial charge in [-0.05, 0) is 50.1 Å². The van der Waals surface area contributed by atoms with Gasteiger partial charge in [-0.2, -0.15) is 5.10 Å². The Kier molecular flexibility index (Phi) is 4.63. The van der Waals surface area contributed by atoms with Gasteiger partial charge in [0.05, 0.1) is 30.2 Å². The molecule has 0 unspecified atom stereocenters. The number of pyridine rings is 3. The number of nitrogens with zero attached hydrogens (tertiary/aromatic N) is 5. The van der Waals surface area contributed by atoms with Gasteiger partial charge in [-0.25, -0.2) is 9.37 Å². The lowest BCUT2D eigenvalue weighted by Gasteiger charge is -2.15. The van der Waals surface area contributed by atoms with Crippen LogP contribution < -0.4 is 5.32 Å². The minimum atomic E-state index is -0.395. The summed E-state index contributed by atoms with van der Waals surface area (Å²) in [6, 6.07) is 6.99. The van der Waals surface area contributed by atoms with E-state index in [9.17, 15) is 4.39 Å². The zero-order valence-electron chi connectivity index (χ0n) is 16.8. The Bertz CT molecular complexity index is 1230. The summed E-state index contributed by atoms with van der Waals surface area (Å²) >= 11 is 0. The highest BCUT2D eigenvalue weighted by Gasteiger charge is 2.22. The molecule has 1 fully saturated rings. The second-order valence-electron chi connectivity index (χ2n) is 7.49. The second kappa shape index (κ2) is 7.46. The van der Waals surface area contributed by atoms with E-state index in [1.807, 2.05) is 30.7 Å². The SMILES string of the molecule is Cc1ccc(F)c(-c2cc(Nc3ccnc4cnn([C@@H]5CCOC5)c34)c(C)cn2)n1. The minimum Gasteiger partial charge on any atom is -0.379 e. The van der Waals surface area contributed by atoms with Gasteiger partial charge in [0.25, 0.3) is 0 Å². The molecule has 1 N–H and O–H groups in total. The third kappa shape index (κ3) is 3.29. The van der Waals surface area contributed by atoms with E-state index in [2.05, 4.69) is 25.4 Å². The summed E-state index contributed by atoms with van der Waals surface area (Å²) in [7, 11) is 0. The molecule has 0 bridgehead atoms. The van der Waals surface area contributed by atoms with Crippen LogP contribution in [-0.4, -0.2) is 37.9 Å². The van der Waals surface area contributed by atoms with Crippen molar-refractivity contribution in [1.29, 1.82) is 0 Å². The molecule has 1 aliphatic rings. The van der Waals surface area contributed by atoms with Crippen molar-refractivity contribution in [2.75, 3.05) is 18.5 Å². The molecule has 152 valence electrons. The molecule has 7 nitrogen and oxygen atoms in total. The molecular formula is C22H21FN6O. The molecular weight excluding hydrogens is 383 g/mol.